The van der Waals surface area contributed by atoms with Gasteiger partial charge in [0.25, 0.3) is 0 Å². The summed E-state index contributed by atoms with van der Waals surface area (Å²) in [6, 6.07) is 22.2. The first-order valence-corrected chi connectivity index (χ1v) is 12.5. The number of rotatable bonds is 7. The molecule has 37 heavy (non-hydrogen) atoms. The normalized spacial score (nSPS) is 17.6. The number of aliphatic hydroxyl groups is 2. The molecular formula is C30H27ClO6. The summed E-state index contributed by atoms with van der Waals surface area (Å²) in [6.45, 7) is 0.414. The summed E-state index contributed by atoms with van der Waals surface area (Å²) < 4.78 is 11.9. The molecule has 190 valence electrons. The molecular weight excluding hydrogens is 492 g/mol. The highest BCUT2D eigenvalue weighted by Crippen LogP contribution is 2.39. The molecule has 2 atom stereocenters. The van der Waals surface area contributed by atoms with E-state index in [0.29, 0.717) is 58.9 Å². The van der Waals surface area contributed by atoms with Gasteiger partial charge in [-0.3, -0.25) is 0 Å². The van der Waals surface area contributed by atoms with E-state index in [-0.39, 0.29) is 17.8 Å². The van der Waals surface area contributed by atoms with E-state index in [4.69, 9.17) is 21.1 Å². The molecule has 4 aromatic carbocycles. The van der Waals surface area contributed by atoms with Crippen molar-refractivity contribution in [2.75, 3.05) is 6.61 Å². The van der Waals surface area contributed by atoms with Crippen LogP contribution in [0, 0.1) is 0 Å². The van der Waals surface area contributed by atoms with Crippen LogP contribution in [-0.2, 0) is 18.0 Å². The average Bonchev–Trinajstić information content (AvgIpc) is 2.91. The maximum absolute atomic E-state index is 12.1. The van der Waals surface area contributed by atoms with Gasteiger partial charge in [-0.2, -0.15) is 0 Å². The second-order valence-electron chi connectivity index (χ2n) is 9.18. The Balaban J connectivity index is 1.47. The summed E-state index contributed by atoms with van der Waals surface area (Å²) in [5, 5.41) is 31.9. The minimum absolute atomic E-state index is 0.0180. The van der Waals surface area contributed by atoms with Crippen LogP contribution in [0.25, 0.3) is 21.9 Å². The molecule has 7 heteroatoms. The van der Waals surface area contributed by atoms with E-state index >= 15 is 0 Å². The molecule has 1 aliphatic rings. The van der Waals surface area contributed by atoms with Crippen LogP contribution in [0.1, 0.15) is 46.0 Å². The van der Waals surface area contributed by atoms with Crippen LogP contribution >= 0.6 is 11.6 Å². The van der Waals surface area contributed by atoms with Crippen LogP contribution in [0.2, 0.25) is 5.02 Å². The van der Waals surface area contributed by atoms with E-state index in [2.05, 4.69) is 0 Å². The molecule has 3 N–H and O–H groups in total. The number of carboxylic acids is 1. The summed E-state index contributed by atoms with van der Waals surface area (Å²) in [5.41, 5.74) is 3.54. The molecule has 0 radical (unpaired) electrons. The van der Waals surface area contributed by atoms with Crippen LogP contribution in [-0.4, -0.2) is 34.0 Å². The summed E-state index contributed by atoms with van der Waals surface area (Å²) in [4.78, 5) is 12.1. The fourth-order valence-electron chi connectivity index (χ4n) is 4.91. The van der Waals surface area contributed by atoms with Crippen LogP contribution in [0.4, 0.5) is 0 Å². The summed E-state index contributed by atoms with van der Waals surface area (Å²) in [6.07, 6.45) is 0.740. The van der Waals surface area contributed by atoms with E-state index < -0.39 is 12.6 Å². The van der Waals surface area contributed by atoms with E-state index in [0.717, 1.165) is 16.5 Å². The fourth-order valence-corrected chi connectivity index (χ4v) is 5.14. The van der Waals surface area contributed by atoms with Gasteiger partial charge in [-0.25, -0.2) is 4.79 Å². The van der Waals surface area contributed by atoms with Gasteiger partial charge < -0.3 is 24.8 Å². The van der Waals surface area contributed by atoms with Crippen molar-refractivity contribution in [3.8, 4) is 16.9 Å². The number of benzene rings is 4. The zero-order valence-electron chi connectivity index (χ0n) is 20.1. The number of fused-ring (bicyclic) bond motifs is 1. The molecule has 0 aromatic heterocycles. The zero-order chi connectivity index (χ0) is 25.9. The van der Waals surface area contributed by atoms with Crippen molar-refractivity contribution in [1.29, 1.82) is 0 Å². The lowest BCUT2D eigenvalue weighted by atomic mass is 9.89. The van der Waals surface area contributed by atoms with Crippen molar-refractivity contribution >= 4 is 28.3 Å². The molecule has 0 aliphatic carbocycles. The largest absolute Gasteiger partial charge is 0.489 e. The third-order valence-corrected chi connectivity index (χ3v) is 7.06. The first-order chi connectivity index (χ1) is 17.9. The number of carbonyl (C=O) groups is 1. The molecule has 4 aromatic rings. The smallest absolute Gasteiger partial charge is 0.336 e. The second-order valence-corrected chi connectivity index (χ2v) is 9.58. The molecule has 0 bridgehead atoms. The Bertz CT molecular complexity index is 1450. The number of aromatic carboxylic acids is 1. The lowest BCUT2D eigenvalue weighted by molar-refractivity contribution is -0.0448. The van der Waals surface area contributed by atoms with Gasteiger partial charge in [-0.15, -0.1) is 0 Å². The number of carboxylic acid groups (broad SMARTS) is 1. The lowest BCUT2D eigenvalue weighted by Gasteiger charge is -2.27. The molecule has 0 amide bonds. The van der Waals surface area contributed by atoms with Gasteiger partial charge in [-0.05, 0) is 64.2 Å². The summed E-state index contributed by atoms with van der Waals surface area (Å²) in [7, 11) is 0. The van der Waals surface area contributed by atoms with Crippen molar-refractivity contribution < 1.29 is 29.6 Å². The number of hydrogen-bond acceptors (Lipinski definition) is 5. The highest BCUT2D eigenvalue weighted by Gasteiger charge is 2.23. The van der Waals surface area contributed by atoms with Gasteiger partial charge in [-0.1, -0.05) is 54.1 Å². The van der Waals surface area contributed by atoms with E-state index in [1.807, 2.05) is 48.5 Å². The maximum atomic E-state index is 12.1. The molecule has 5 rings (SSSR count). The minimum atomic E-state index is -1.13. The first-order valence-electron chi connectivity index (χ1n) is 12.1. The fraction of sp³-hybridized carbons (Fsp3) is 0.233. The van der Waals surface area contributed by atoms with Crippen molar-refractivity contribution in [2.24, 2.45) is 0 Å². The van der Waals surface area contributed by atoms with Gasteiger partial charge in [0.15, 0.2) is 0 Å². The summed E-state index contributed by atoms with van der Waals surface area (Å²) in [5.74, 6) is -0.544. The molecule has 2 unspecified atom stereocenters. The van der Waals surface area contributed by atoms with E-state index in [1.165, 1.54) is 0 Å². The van der Waals surface area contributed by atoms with Gasteiger partial charge >= 0.3 is 5.97 Å². The first kappa shape index (κ1) is 25.2. The van der Waals surface area contributed by atoms with Crippen molar-refractivity contribution in [1.82, 2.24) is 0 Å². The Hall–Kier alpha value is -3.42. The molecule has 1 saturated heterocycles. The summed E-state index contributed by atoms with van der Waals surface area (Å²) >= 11 is 6.47. The molecule has 6 nitrogen and oxygen atoms in total. The highest BCUT2D eigenvalue weighted by atomic mass is 35.5. The van der Waals surface area contributed by atoms with Crippen molar-refractivity contribution in [2.45, 2.75) is 38.3 Å². The van der Waals surface area contributed by atoms with Crippen LogP contribution in [0.15, 0.2) is 72.8 Å². The van der Waals surface area contributed by atoms with Gasteiger partial charge in [0, 0.05) is 29.2 Å². The highest BCUT2D eigenvalue weighted by molar-refractivity contribution is 6.34. The molecule has 0 spiro atoms. The van der Waals surface area contributed by atoms with E-state index in [9.17, 15) is 20.1 Å². The Morgan fingerprint density at radius 3 is 2.65 bits per heavy atom. The predicted octanol–water partition coefficient (Wildman–Crippen LogP) is 6.14. The van der Waals surface area contributed by atoms with Gasteiger partial charge in [0.1, 0.15) is 12.4 Å². The molecule has 0 saturated carbocycles. The Kier molecular flexibility index (Phi) is 7.44. The van der Waals surface area contributed by atoms with Crippen LogP contribution in [0.3, 0.4) is 0 Å². The predicted molar refractivity (Wildman–Crippen MR) is 142 cm³/mol. The van der Waals surface area contributed by atoms with Crippen LogP contribution in [0.5, 0.6) is 5.75 Å². The lowest BCUT2D eigenvalue weighted by Crippen LogP contribution is -2.23. The second kappa shape index (κ2) is 10.9. The monoisotopic (exact) mass is 518 g/mol. The third-order valence-electron chi connectivity index (χ3n) is 6.74. The van der Waals surface area contributed by atoms with Crippen LogP contribution < -0.4 is 4.74 Å². The van der Waals surface area contributed by atoms with Crippen molar-refractivity contribution in [3.63, 3.8) is 0 Å². The average molecular weight is 519 g/mol. The maximum Gasteiger partial charge on any atom is 0.336 e. The topological polar surface area (TPSA) is 96.2 Å². The molecule has 1 fully saturated rings. The Labute approximate surface area is 219 Å². The van der Waals surface area contributed by atoms with E-state index in [1.54, 1.807) is 24.3 Å². The Morgan fingerprint density at radius 2 is 1.89 bits per heavy atom. The SMILES string of the molecule is O=C(O)c1cc2cc(OCc3cccc(C4CC(O)CCO4)c3)ccc2c(-c2ccccc2Cl)c1CO. The number of ether oxygens (including phenoxy) is 2. The quantitative estimate of drug-likeness (QED) is 0.272. The van der Waals surface area contributed by atoms with Gasteiger partial charge in [0.05, 0.1) is 24.4 Å². The van der Waals surface area contributed by atoms with Gasteiger partial charge in [0.2, 0.25) is 0 Å². The number of hydrogen-bond donors (Lipinski definition) is 3. The van der Waals surface area contributed by atoms with Crippen molar-refractivity contribution in [3.05, 3.63) is 100 Å². The Morgan fingerprint density at radius 1 is 1.05 bits per heavy atom. The number of aliphatic hydroxyl groups excluding tert-OH is 2. The standard InChI is InChI=1S/C30H27ClO6/c31-27-7-2-1-6-24(27)29-23-9-8-22(13-20(23)14-25(30(34)35)26(29)16-32)37-17-18-4-3-5-19(12-18)28-15-21(33)10-11-36-28/h1-9,12-14,21,28,32-33H,10-11,15-17H2,(H,34,35). The number of halogens is 1. The zero-order valence-corrected chi connectivity index (χ0v) is 20.8. The minimum Gasteiger partial charge on any atom is -0.489 e. The molecule has 1 heterocycles. The third kappa shape index (κ3) is 5.33. The molecule has 1 aliphatic heterocycles.